The Balaban J connectivity index is 1.76. The van der Waals surface area contributed by atoms with Crippen LogP contribution < -0.4 is 10.6 Å². The van der Waals surface area contributed by atoms with Gasteiger partial charge in [0, 0.05) is 34.8 Å². The van der Waals surface area contributed by atoms with E-state index >= 15 is 0 Å². The number of hydrogen-bond donors (Lipinski definition) is 2. The topological polar surface area (TPSA) is 41.1 Å². The maximum atomic E-state index is 11.5. The van der Waals surface area contributed by atoms with Gasteiger partial charge in [-0.05, 0) is 44.2 Å². The summed E-state index contributed by atoms with van der Waals surface area (Å²) < 4.78 is 0. The number of thiophene rings is 1. The number of hydrogen-bond acceptors (Lipinski definition) is 3. The Kier molecular flexibility index (Phi) is 5.61. The maximum Gasteiger partial charge on any atom is 0.222 e. The van der Waals surface area contributed by atoms with E-state index in [1.807, 2.05) is 25.2 Å². The average molecular weight is 294 g/mol. The summed E-state index contributed by atoms with van der Waals surface area (Å²) in [5.74, 6) is 0.197. The minimum absolute atomic E-state index is 0.0662. The van der Waals surface area contributed by atoms with Gasteiger partial charge < -0.3 is 10.6 Å². The van der Waals surface area contributed by atoms with Crippen molar-refractivity contribution < 1.29 is 4.79 Å². The van der Waals surface area contributed by atoms with E-state index < -0.39 is 0 Å². The molecule has 2 N–H and O–H groups in total. The fourth-order valence-electron chi connectivity index (χ4n) is 2.51. The van der Waals surface area contributed by atoms with E-state index in [0.717, 1.165) is 6.54 Å². The smallest absolute Gasteiger partial charge is 0.222 e. The van der Waals surface area contributed by atoms with Gasteiger partial charge in [-0.1, -0.05) is 13.8 Å². The molecule has 4 heteroatoms. The lowest BCUT2D eigenvalue weighted by Crippen LogP contribution is -2.34. The van der Waals surface area contributed by atoms with Crippen molar-refractivity contribution in [2.45, 2.75) is 52.5 Å². The van der Waals surface area contributed by atoms with Crippen molar-refractivity contribution in [2.75, 3.05) is 13.1 Å². The standard InChI is InChI=1S/C16H26N2OS/c1-11(2)16(19)18-9-8-17-12(3)15-10-13-6-4-5-7-14(13)20-15/h10-12,17H,4-9H2,1-3H3,(H,18,19). The number of aryl methyl sites for hydroxylation is 2. The Hall–Kier alpha value is -0.870. The van der Waals surface area contributed by atoms with E-state index in [1.165, 1.54) is 30.6 Å². The van der Waals surface area contributed by atoms with Crippen molar-refractivity contribution >= 4 is 17.2 Å². The molecule has 1 heterocycles. The van der Waals surface area contributed by atoms with Crippen molar-refractivity contribution in [1.82, 2.24) is 10.6 Å². The summed E-state index contributed by atoms with van der Waals surface area (Å²) in [4.78, 5) is 14.5. The van der Waals surface area contributed by atoms with Crippen LogP contribution in [0.15, 0.2) is 6.07 Å². The van der Waals surface area contributed by atoms with Gasteiger partial charge in [0.15, 0.2) is 0 Å². The predicted octanol–water partition coefficient (Wildman–Crippen LogP) is 3.05. The molecule has 0 bridgehead atoms. The summed E-state index contributed by atoms with van der Waals surface area (Å²) in [5, 5.41) is 6.44. The van der Waals surface area contributed by atoms with E-state index in [4.69, 9.17) is 0 Å². The molecular weight excluding hydrogens is 268 g/mol. The SMILES string of the molecule is CC(C)C(=O)NCCNC(C)c1cc2c(s1)CCCC2. The molecule has 1 aromatic heterocycles. The first-order valence-electron chi connectivity index (χ1n) is 7.70. The van der Waals surface area contributed by atoms with Crippen LogP contribution in [-0.2, 0) is 17.6 Å². The highest BCUT2D eigenvalue weighted by Gasteiger charge is 2.16. The second kappa shape index (κ2) is 7.23. The predicted molar refractivity (Wildman–Crippen MR) is 85.2 cm³/mol. The molecule has 0 saturated carbocycles. The van der Waals surface area contributed by atoms with Crippen LogP contribution in [0.1, 0.15) is 55.0 Å². The molecule has 1 atom stereocenters. The van der Waals surface area contributed by atoms with Gasteiger partial charge in [-0.15, -0.1) is 11.3 Å². The van der Waals surface area contributed by atoms with E-state index in [2.05, 4.69) is 23.6 Å². The maximum absolute atomic E-state index is 11.5. The number of carbonyl (C=O) groups is 1. The summed E-state index contributed by atoms with van der Waals surface area (Å²) in [6.07, 6.45) is 5.20. The molecule has 0 spiro atoms. The fourth-order valence-corrected chi connectivity index (χ4v) is 3.79. The van der Waals surface area contributed by atoms with Gasteiger partial charge in [-0.25, -0.2) is 0 Å². The summed E-state index contributed by atoms with van der Waals surface area (Å²) in [7, 11) is 0. The van der Waals surface area contributed by atoms with Crippen LogP contribution in [-0.4, -0.2) is 19.0 Å². The first kappa shape index (κ1) is 15.5. The largest absolute Gasteiger partial charge is 0.355 e. The lowest BCUT2D eigenvalue weighted by Gasteiger charge is -2.13. The van der Waals surface area contributed by atoms with Gasteiger partial charge in [-0.3, -0.25) is 4.79 Å². The molecule has 1 aliphatic carbocycles. The third kappa shape index (κ3) is 4.06. The van der Waals surface area contributed by atoms with E-state index in [9.17, 15) is 4.79 Å². The van der Waals surface area contributed by atoms with Crippen LogP contribution in [0.25, 0.3) is 0 Å². The van der Waals surface area contributed by atoms with Gasteiger partial charge >= 0.3 is 0 Å². The lowest BCUT2D eigenvalue weighted by atomic mass is 9.99. The van der Waals surface area contributed by atoms with Crippen LogP contribution in [0.3, 0.4) is 0 Å². The quantitative estimate of drug-likeness (QED) is 0.792. The molecule has 0 fully saturated rings. The molecule has 1 amide bonds. The summed E-state index contributed by atoms with van der Waals surface area (Å²) in [6, 6.07) is 2.75. The Labute approximate surface area is 126 Å². The molecule has 1 unspecified atom stereocenters. The number of amides is 1. The lowest BCUT2D eigenvalue weighted by molar-refractivity contribution is -0.123. The minimum atomic E-state index is 0.0662. The first-order chi connectivity index (χ1) is 9.58. The highest BCUT2D eigenvalue weighted by molar-refractivity contribution is 7.12. The molecule has 1 aliphatic rings. The zero-order chi connectivity index (χ0) is 14.5. The second-order valence-electron chi connectivity index (χ2n) is 5.93. The van der Waals surface area contributed by atoms with Crippen LogP contribution in [0, 0.1) is 5.92 Å². The van der Waals surface area contributed by atoms with Gasteiger partial charge in [0.1, 0.15) is 0 Å². The highest BCUT2D eigenvalue weighted by atomic mass is 32.1. The van der Waals surface area contributed by atoms with Crippen LogP contribution in [0.4, 0.5) is 0 Å². The second-order valence-corrected chi connectivity index (χ2v) is 7.09. The third-order valence-electron chi connectivity index (χ3n) is 3.84. The van der Waals surface area contributed by atoms with Crippen molar-refractivity contribution in [3.8, 4) is 0 Å². The average Bonchev–Trinajstić information content (AvgIpc) is 2.86. The Bertz CT molecular complexity index is 430. The highest BCUT2D eigenvalue weighted by Crippen LogP contribution is 2.32. The van der Waals surface area contributed by atoms with Crippen molar-refractivity contribution in [3.63, 3.8) is 0 Å². The number of nitrogens with one attached hydrogen (secondary N) is 2. The molecule has 3 nitrogen and oxygen atoms in total. The van der Waals surface area contributed by atoms with E-state index in [-0.39, 0.29) is 11.8 Å². The zero-order valence-electron chi connectivity index (χ0n) is 12.8. The van der Waals surface area contributed by atoms with Gasteiger partial charge in [0.05, 0.1) is 0 Å². The Morgan fingerprint density at radius 2 is 2.00 bits per heavy atom. The van der Waals surface area contributed by atoms with Crippen molar-refractivity contribution in [3.05, 3.63) is 21.4 Å². The zero-order valence-corrected chi connectivity index (χ0v) is 13.6. The number of carbonyl (C=O) groups excluding carboxylic acids is 1. The third-order valence-corrected chi connectivity index (χ3v) is 5.26. The van der Waals surface area contributed by atoms with Gasteiger partial charge in [-0.2, -0.15) is 0 Å². The van der Waals surface area contributed by atoms with Crippen LogP contribution in [0.2, 0.25) is 0 Å². The molecule has 0 aliphatic heterocycles. The molecule has 0 radical (unpaired) electrons. The molecular formula is C16H26N2OS. The number of fused-ring (bicyclic) bond motifs is 1. The van der Waals surface area contributed by atoms with Gasteiger partial charge in [0.25, 0.3) is 0 Å². The summed E-state index contributed by atoms with van der Waals surface area (Å²) in [5.41, 5.74) is 1.57. The monoisotopic (exact) mass is 294 g/mol. The Morgan fingerprint density at radius 1 is 1.25 bits per heavy atom. The first-order valence-corrected chi connectivity index (χ1v) is 8.52. The van der Waals surface area contributed by atoms with Gasteiger partial charge in [0.2, 0.25) is 5.91 Å². The molecule has 0 saturated heterocycles. The molecule has 112 valence electrons. The molecule has 1 aromatic rings. The molecule has 20 heavy (non-hydrogen) atoms. The molecule has 0 aromatic carbocycles. The summed E-state index contributed by atoms with van der Waals surface area (Å²) >= 11 is 1.96. The van der Waals surface area contributed by atoms with Crippen molar-refractivity contribution in [2.24, 2.45) is 5.92 Å². The van der Waals surface area contributed by atoms with Crippen LogP contribution in [0.5, 0.6) is 0 Å². The van der Waals surface area contributed by atoms with E-state index in [1.54, 1.807) is 10.4 Å². The normalized spacial score (nSPS) is 16.0. The molecule has 2 rings (SSSR count). The Morgan fingerprint density at radius 3 is 2.70 bits per heavy atom. The van der Waals surface area contributed by atoms with Crippen molar-refractivity contribution in [1.29, 1.82) is 0 Å². The summed E-state index contributed by atoms with van der Waals surface area (Å²) in [6.45, 7) is 7.57. The fraction of sp³-hybridized carbons (Fsp3) is 0.688. The number of rotatable bonds is 6. The van der Waals surface area contributed by atoms with E-state index in [0.29, 0.717) is 12.6 Å². The van der Waals surface area contributed by atoms with Crippen LogP contribution >= 0.6 is 11.3 Å². The minimum Gasteiger partial charge on any atom is -0.355 e.